The van der Waals surface area contributed by atoms with Crippen LogP contribution < -0.4 is 34.5 Å². The number of benzene rings is 2. The summed E-state index contributed by atoms with van der Waals surface area (Å²) in [4.78, 5) is 29.4. The van der Waals surface area contributed by atoms with Crippen molar-refractivity contribution in [3.05, 3.63) is 63.7 Å². The van der Waals surface area contributed by atoms with Crippen LogP contribution in [0.1, 0.15) is 52.3 Å². The summed E-state index contributed by atoms with van der Waals surface area (Å²) in [5.74, 6) is 2.88. The number of methoxy groups -OCH3 is 3. The molecule has 0 unspecified atom stereocenters. The van der Waals surface area contributed by atoms with E-state index in [0.717, 1.165) is 41.9 Å². The fourth-order valence-electron chi connectivity index (χ4n) is 5.38. The first-order chi connectivity index (χ1) is 23.6. The van der Waals surface area contributed by atoms with E-state index in [4.69, 9.17) is 28.9 Å². The molecule has 0 atom stereocenters. The van der Waals surface area contributed by atoms with Crippen LogP contribution in [-0.2, 0) is 34.3 Å². The number of aromatic nitrogens is 3. The van der Waals surface area contributed by atoms with E-state index in [2.05, 4.69) is 25.2 Å². The Bertz CT molecular complexity index is 1870. The van der Waals surface area contributed by atoms with Crippen LogP contribution in [0.4, 0.5) is 28.4 Å². The zero-order chi connectivity index (χ0) is 35.1. The summed E-state index contributed by atoms with van der Waals surface area (Å²) in [7, 11) is 1.34. The van der Waals surface area contributed by atoms with Gasteiger partial charge < -0.3 is 29.2 Å². The van der Waals surface area contributed by atoms with Crippen molar-refractivity contribution in [2.45, 2.75) is 46.7 Å². The van der Waals surface area contributed by atoms with Gasteiger partial charge in [0.05, 0.1) is 39.4 Å². The summed E-state index contributed by atoms with van der Waals surface area (Å²) in [5, 5.41) is 7.17. The van der Waals surface area contributed by atoms with Gasteiger partial charge in [-0.05, 0) is 69.0 Å². The third kappa shape index (κ3) is 8.43. The van der Waals surface area contributed by atoms with E-state index in [1.165, 1.54) is 11.3 Å². The average molecular weight is 712 g/mol. The number of carbonyl (C=O) groups is 1. The molecule has 49 heavy (non-hydrogen) atoms. The number of carbonyl (C=O) groups excluding carboxylic acids is 1. The van der Waals surface area contributed by atoms with Crippen molar-refractivity contribution in [1.29, 1.82) is 0 Å². The molecule has 14 nitrogen and oxygen atoms in total. The van der Waals surface area contributed by atoms with E-state index in [-0.39, 0.29) is 12.4 Å². The number of hydrogen-bond donors (Lipinski definition) is 3. The number of aryl methyl sites for hydroxylation is 1. The second-order valence-electron chi connectivity index (χ2n) is 11.1. The number of nitrogens with one attached hydrogen (secondary N) is 3. The highest BCUT2D eigenvalue weighted by Gasteiger charge is 2.25. The van der Waals surface area contributed by atoms with Crippen molar-refractivity contribution in [3.63, 3.8) is 0 Å². The maximum atomic E-state index is 12.5. The molecule has 3 heterocycles. The zero-order valence-electron chi connectivity index (χ0n) is 28.4. The fraction of sp³-hybridized carbons (Fsp3) is 0.394. The van der Waals surface area contributed by atoms with Crippen molar-refractivity contribution in [3.8, 4) is 17.2 Å². The number of thiazole rings is 1. The largest absolute Gasteiger partial charge is 0.493 e. The average Bonchev–Trinajstić information content (AvgIpc) is 3.47. The first kappa shape index (κ1) is 35.5. The maximum absolute atomic E-state index is 12.5. The summed E-state index contributed by atoms with van der Waals surface area (Å²) in [6.45, 7) is 7.07. The minimum Gasteiger partial charge on any atom is -0.493 e. The summed E-state index contributed by atoms with van der Waals surface area (Å²) in [6, 6.07) is 11.1. The van der Waals surface area contributed by atoms with E-state index in [1.54, 1.807) is 54.2 Å². The number of ether oxygens (including phenoxy) is 4. The number of nitrogens with zero attached hydrogens (tertiary/aromatic N) is 4. The van der Waals surface area contributed by atoms with Gasteiger partial charge in [0.1, 0.15) is 16.5 Å². The Morgan fingerprint density at radius 2 is 1.69 bits per heavy atom. The molecule has 2 aromatic heterocycles. The highest BCUT2D eigenvalue weighted by molar-refractivity contribution is 7.92. The summed E-state index contributed by atoms with van der Waals surface area (Å²) >= 11 is 1.18. The SMILES string of the molecule is CCOC(=O)c1sc(Nc2nc(NCc3cc(OC)c(OC)c(OC)c3)c3c(n2)N(Cc2ccc(NS(=O)(=O)CC)cc2)CCC3)nc1C. The minimum atomic E-state index is -3.38. The fourth-order valence-corrected chi connectivity index (χ4v) is 6.87. The van der Waals surface area contributed by atoms with Crippen LogP contribution >= 0.6 is 11.3 Å². The zero-order valence-corrected chi connectivity index (χ0v) is 30.0. The van der Waals surface area contributed by atoms with Gasteiger partial charge in [-0.1, -0.05) is 23.5 Å². The molecule has 0 fully saturated rings. The van der Waals surface area contributed by atoms with Gasteiger partial charge in [-0.3, -0.25) is 10.0 Å². The predicted molar refractivity (Wildman–Crippen MR) is 190 cm³/mol. The molecule has 1 aliphatic rings. The molecule has 2 aromatic carbocycles. The molecule has 3 N–H and O–H groups in total. The van der Waals surface area contributed by atoms with E-state index < -0.39 is 16.0 Å². The Morgan fingerprint density at radius 1 is 0.980 bits per heavy atom. The number of hydrogen-bond acceptors (Lipinski definition) is 14. The van der Waals surface area contributed by atoms with E-state index in [1.807, 2.05) is 24.3 Å². The van der Waals surface area contributed by atoms with Crippen molar-refractivity contribution in [1.82, 2.24) is 15.0 Å². The molecule has 16 heteroatoms. The molecule has 0 saturated carbocycles. The molecule has 0 aliphatic carbocycles. The van der Waals surface area contributed by atoms with Gasteiger partial charge in [0.2, 0.25) is 21.7 Å². The van der Waals surface area contributed by atoms with Gasteiger partial charge in [0.15, 0.2) is 16.6 Å². The molecule has 262 valence electrons. The number of esters is 1. The normalized spacial score (nSPS) is 12.6. The number of rotatable bonds is 15. The lowest BCUT2D eigenvalue weighted by atomic mass is 10.0. The van der Waals surface area contributed by atoms with Crippen LogP contribution in [-0.4, -0.2) is 69.6 Å². The van der Waals surface area contributed by atoms with Crippen LogP contribution in [0.15, 0.2) is 36.4 Å². The second kappa shape index (κ2) is 15.6. The summed E-state index contributed by atoms with van der Waals surface area (Å²) < 4.78 is 48.4. The predicted octanol–water partition coefficient (Wildman–Crippen LogP) is 5.51. The summed E-state index contributed by atoms with van der Waals surface area (Å²) in [6.07, 6.45) is 1.63. The Labute approximate surface area is 290 Å². The lowest BCUT2D eigenvalue weighted by molar-refractivity contribution is 0.0531. The van der Waals surface area contributed by atoms with Gasteiger partial charge in [0.25, 0.3) is 0 Å². The number of sulfonamides is 1. The molecule has 0 saturated heterocycles. The van der Waals surface area contributed by atoms with Gasteiger partial charge in [-0.15, -0.1) is 0 Å². The lowest BCUT2D eigenvalue weighted by Crippen LogP contribution is -2.31. The minimum absolute atomic E-state index is 0.00396. The Hall–Kier alpha value is -4.83. The Kier molecular flexibility index (Phi) is 11.3. The molecular formula is C33H41N7O7S2. The Morgan fingerprint density at radius 3 is 2.33 bits per heavy atom. The quantitative estimate of drug-likeness (QED) is 0.132. The van der Waals surface area contributed by atoms with E-state index >= 15 is 0 Å². The molecule has 0 bridgehead atoms. The lowest BCUT2D eigenvalue weighted by Gasteiger charge is -2.31. The van der Waals surface area contributed by atoms with Crippen LogP contribution in [0.2, 0.25) is 0 Å². The summed E-state index contributed by atoms with van der Waals surface area (Å²) in [5.41, 5.74) is 3.90. The third-order valence-corrected chi connectivity index (χ3v) is 10.1. The molecule has 0 amide bonds. The van der Waals surface area contributed by atoms with Crippen molar-refractivity contribution in [2.24, 2.45) is 0 Å². The first-order valence-electron chi connectivity index (χ1n) is 15.8. The topological polar surface area (TPSA) is 166 Å². The van der Waals surface area contributed by atoms with Gasteiger partial charge >= 0.3 is 5.97 Å². The van der Waals surface area contributed by atoms with Crippen LogP contribution in [0.25, 0.3) is 0 Å². The standard InChI is InChI=1S/C33H41N7O7S2/c1-7-47-31(41)28-20(3)35-33(48-28)38-32-36-29(34-18-22-16-25(44-4)27(46-6)26(17-22)45-5)24-10-9-15-40(30(24)37-32)19-21-11-13-23(14-12-21)39-49(42,43)8-2/h11-14,16-17,39H,7-10,15,18-19H2,1-6H3,(H2,34,35,36,37,38). The molecule has 5 rings (SSSR count). The highest BCUT2D eigenvalue weighted by atomic mass is 32.2. The van der Waals surface area contributed by atoms with Crippen LogP contribution in [0.5, 0.6) is 17.2 Å². The molecular weight excluding hydrogens is 671 g/mol. The molecule has 0 radical (unpaired) electrons. The molecule has 0 spiro atoms. The smallest absolute Gasteiger partial charge is 0.350 e. The van der Waals surface area contributed by atoms with Gasteiger partial charge in [-0.2, -0.15) is 9.97 Å². The second-order valence-corrected chi connectivity index (χ2v) is 14.1. The van der Waals surface area contributed by atoms with Crippen LogP contribution in [0.3, 0.4) is 0 Å². The van der Waals surface area contributed by atoms with Gasteiger partial charge in [0, 0.05) is 30.9 Å². The van der Waals surface area contributed by atoms with E-state index in [9.17, 15) is 13.2 Å². The monoisotopic (exact) mass is 711 g/mol. The van der Waals surface area contributed by atoms with Crippen molar-refractivity contribution >= 4 is 55.7 Å². The number of anilines is 5. The van der Waals surface area contributed by atoms with Crippen molar-refractivity contribution in [2.75, 3.05) is 60.5 Å². The maximum Gasteiger partial charge on any atom is 0.350 e. The Balaban J connectivity index is 1.47. The van der Waals surface area contributed by atoms with Crippen molar-refractivity contribution < 1.29 is 32.2 Å². The number of fused-ring (bicyclic) bond motifs is 1. The first-order valence-corrected chi connectivity index (χ1v) is 18.2. The van der Waals surface area contributed by atoms with E-state index in [0.29, 0.717) is 63.5 Å². The third-order valence-electron chi connectivity index (χ3n) is 7.78. The highest BCUT2D eigenvalue weighted by Crippen LogP contribution is 2.39. The van der Waals surface area contributed by atoms with Crippen LogP contribution in [0, 0.1) is 6.92 Å². The molecule has 1 aliphatic heterocycles. The molecule has 4 aromatic rings. The van der Waals surface area contributed by atoms with Gasteiger partial charge in [-0.25, -0.2) is 18.2 Å².